The minimum atomic E-state index is -4.13. The molecule has 2 aliphatic carbocycles. The molecule has 0 unspecified atom stereocenters. The number of nitrogens with one attached hydrogen (secondary N) is 1. The van der Waals surface area contributed by atoms with Crippen LogP contribution in [0.4, 0.5) is 5.82 Å². The zero-order valence-electron chi connectivity index (χ0n) is 23.7. The molecule has 2 bridgehead atoms. The highest BCUT2D eigenvalue weighted by Gasteiger charge is 2.42. The van der Waals surface area contributed by atoms with Crippen molar-refractivity contribution in [3.05, 3.63) is 41.9 Å². The van der Waals surface area contributed by atoms with Crippen molar-refractivity contribution in [2.75, 3.05) is 11.4 Å². The van der Waals surface area contributed by atoms with Crippen LogP contribution in [0.15, 0.2) is 35.5 Å². The molecule has 1 saturated heterocycles. The molecular formula is C28H37N7O4S. The molecule has 1 aliphatic heterocycles. The normalized spacial score (nSPS) is 25.5. The fourth-order valence-corrected chi connectivity index (χ4v) is 8.15. The molecule has 0 aromatic carbocycles. The van der Waals surface area contributed by atoms with Gasteiger partial charge in [-0.05, 0) is 82.8 Å². The van der Waals surface area contributed by atoms with Gasteiger partial charge in [0.1, 0.15) is 16.8 Å². The third-order valence-corrected chi connectivity index (χ3v) is 10.1. The molecule has 6 rings (SSSR count). The number of aromatic nitrogens is 5. The number of nitrogens with zero attached hydrogens (tertiary/aromatic N) is 6. The van der Waals surface area contributed by atoms with Gasteiger partial charge in [-0.25, -0.2) is 22.8 Å². The first-order valence-corrected chi connectivity index (χ1v) is 15.5. The Morgan fingerprint density at radius 2 is 1.95 bits per heavy atom. The van der Waals surface area contributed by atoms with Crippen molar-refractivity contribution in [1.29, 1.82) is 0 Å². The summed E-state index contributed by atoms with van der Waals surface area (Å²) in [5.41, 5.74) is 0.216. The Kier molecular flexibility index (Phi) is 6.43. The van der Waals surface area contributed by atoms with Gasteiger partial charge < -0.3 is 9.64 Å². The van der Waals surface area contributed by atoms with Crippen LogP contribution in [0.3, 0.4) is 0 Å². The number of hydrogen-bond donors (Lipinski definition) is 1. The Balaban J connectivity index is 1.31. The number of sulfonamides is 1. The predicted octanol–water partition coefficient (Wildman–Crippen LogP) is 3.62. The van der Waals surface area contributed by atoms with E-state index in [1.54, 1.807) is 30.8 Å². The fraction of sp³-hybridized carbons (Fsp3) is 0.571. The van der Waals surface area contributed by atoms with E-state index in [0.29, 0.717) is 41.6 Å². The molecule has 4 atom stereocenters. The molecule has 3 fully saturated rings. The molecule has 3 aliphatic rings. The Hall–Kier alpha value is -3.41. The zero-order chi connectivity index (χ0) is 28.4. The van der Waals surface area contributed by atoms with Crippen LogP contribution in [0.1, 0.15) is 68.9 Å². The van der Waals surface area contributed by atoms with Crippen molar-refractivity contribution in [2.45, 2.75) is 76.3 Å². The van der Waals surface area contributed by atoms with Crippen LogP contribution in [-0.4, -0.2) is 57.1 Å². The van der Waals surface area contributed by atoms with Crippen LogP contribution in [0.2, 0.25) is 0 Å². The summed E-state index contributed by atoms with van der Waals surface area (Å²) in [6.45, 7) is 8.66. The van der Waals surface area contributed by atoms with E-state index in [1.807, 2.05) is 12.3 Å². The van der Waals surface area contributed by atoms with Gasteiger partial charge in [0.25, 0.3) is 15.9 Å². The van der Waals surface area contributed by atoms with Crippen molar-refractivity contribution < 1.29 is 17.9 Å². The summed E-state index contributed by atoms with van der Waals surface area (Å²) in [6.07, 6.45) is 9.19. The van der Waals surface area contributed by atoms with Gasteiger partial charge in [-0.3, -0.25) is 9.48 Å². The van der Waals surface area contributed by atoms with Crippen molar-refractivity contribution in [1.82, 2.24) is 29.3 Å². The van der Waals surface area contributed by atoms with E-state index in [4.69, 9.17) is 9.72 Å². The minimum Gasteiger partial charge on any atom is -0.473 e. The summed E-state index contributed by atoms with van der Waals surface area (Å²) >= 11 is 0. The fourth-order valence-electron chi connectivity index (χ4n) is 6.97. The van der Waals surface area contributed by atoms with Gasteiger partial charge in [0.15, 0.2) is 5.82 Å². The number of aryl methyl sites for hydroxylation is 2. The maximum Gasteiger partial charge on any atom is 0.268 e. The lowest BCUT2D eigenvalue weighted by Crippen LogP contribution is -2.41. The predicted molar refractivity (Wildman–Crippen MR) is 149 cm³/mol. The molecule has 1 N–H and O–H groups in total. The number of carbonyl (C=O) groups is 1. The first-order chi connectivity index (χ1) is 18.9. The van der Waals surface area contributed by atoms with Crippen LogP contribution in [0.5, 0.6) is 5.88 Å². The van der Waals surface area contributed by atoms with Crippen LogP contribution >= 0.6 is 0 Å². The van der Waals surface area contributed by atoms with Gasteiger partial charge in [-0.15, -0.1) is 5.10 Å². The summed E-state index contributed by atoms with van der Waals surface area (Å²) in [6, 6.07) is 5.15. The largest absolute Gasteiger partial charge is 0.473 e. The van der Waals surface area contributed by atoms with E-state index >= 15 is 0 Å². The molecule has 0 spiro atoms. The van der Waals surface area contributed by atoms with E-state index in [0.717, 1.165) is 18.8 Å². The number of pyridine rings is 1. The van der Waals surface area contributed by atoms with E-state index in [2.05, 4.69) is 40.6 Å². The average Bonchev–Trinajstić information content (AvgIpc) is 3.69. The van der Waals surface area contributed by atoms with Crippen LogP contribution in [0.25, 0.3) is 5.82 Å². The lowest BCUT2D eigenvalue weighted by molar-refractivity contribution is 0.0981. The number of ether oxygens (including phenoxy) is 1. The lowest BCUT2D eigenvalue weighted by atomic mass is 9.97. The first-order valence-electron chi connectivity index (χ1n) is 14.0. The van der Waals surface area contributed by atoms with Gasteiger partial charge in [-0.1, -0.05) is 6.92 Å². The van der Waals surface area contributed by atoms with E-state index in [1.165, 1.54) is 30.1 Å². The molecular weight excluding hydrogens is 530 g/mol. The summed E-state index contributed by atoms with van der Waals surface area (Å²) in [7, 11) is -2.50. The second-order valence-corrected chi connectivity index (χ2v) is 14.0. The van der Waals surface area contributed by atoms with Crippen molar-refractivity contribution in [2.24, 2.45) is 24.8 Å². The van der Waals surface area contributed by atoms with Crippen molar-refractivity contribution >= 4 is 21.7 Å². The third kappa shape index (κ3) is 4.86. The maximum atomic E-state index is 13.5. The standard InChI is InChI=1S/C28H37N7O4S/c1-17-14-28(3,4)34(15-17)26-21(27(36)32-40(37,38)23-16-33(5)30-18(23)2)8-9-24(29-26)35-11-10-25(31-35)39-22-13-19-6-7-20(22)12-19/h8-11,16-17,19-20,22H,6-7,12-15H2,1-5H3,(H,32,36)/t17-,19+,20+,22-/m0/s1. The molecule has 40 heavy (non-hydrogen) atoms. The van der Waals surface area contributed by atoms with E-state index in [9.17, 15) is 13.2 Å². The number of hydrogen-bond acceptors (Lipinski definition) is 8. The molecule has 4 heterocycles. The summed E-state index contributed by atoms with van der Waals surface area (Å²) < 4.78 is 37.7. The van der Waals surface area contributed by atoms with E-state index in [-0.39, 0.29) is 22.1 Å². The van der Waals surface area contributed by atoms with E-state index < -0.39 is 15.9 Å². The molecule has 3 aromatic heterocycles. The molecule has 3 aromatic rings. The van der Waals surface area contributed by atoms with Crippen molar-refractivity contribution in [3.63, 3.8) is 0 Å². The summed E-state index contributed by atoms with van der Waals surface area (Å²) in [5.74, 6) is 2.54. The number of carbonyl (C=O) groups excluding carboxylic acids is 1. The highest BCUT2D eigenvalue weighted by atomic mass is 32.2. The van der Waals surface area contributed by atoms with Crippen LogP contribution < -0.4 is 14.4 Å². The summed E-state index contributed by atoms with van der Waals surface area (Å²) in [5, 5.41) is 8.74. The Labute approximate surface area is 235 Å². The number of fused-ring (bicyclic) bond motifs is 2. The minimum absolute atomic E-state index is 0.0378. The SMILES string of the molecule is Cc1nn(C)cc1S(=O)(=O)NC(=O)c1ccc(-n2ccc(O[C@H]3C[C@@H]4CC[C@@H]3C4)n2)nc1N1C[C@@H](C)CC1(C)C. The first kappa shape index (κ1) is 26.8. The highest BCUT2D eigenvalue weighted by molar-refractivity contribution is 7.90. The number of amides is 1. The van der Waals surface area contributed by atoms with Gasteiger partial charge >= 0.3 is 0 Å². The summed E-state index contributed by atoms with van der Waals surface area (Å²) in [4.78, 5) is 20.4. The molecule has 12 heteroatoms. The molecule has 0 radical (unpaired) electrons. The Morgan fingerprint density at radius 3 is 2.58 bits per heavy atom. The highest BCUT2D eigenvalue weighted by Crippen LogP contribution is 2.46. The van der Waals surface area contributed by atoms with Crippen LogP contribution in [-0.2, 0) is 17.1 Å². The average molecular weight is 568 g/mol. The third-order valence-electron chi connectivity index (χ3n) is 8.66. The second-order valence-electron chi connectivity index (χ2n) is 12.4. The maximum absolute atomic E-state index is 13.5. The smallest absolute Gasteiger partial charge is 0.268 e. The van der Waals surface area contributed by atoms with Crippen LogP contribution in [0, 0.1) is 24.7 Å². The monoisotopic (exact) mass is 567 g/mol. The zero-order valence-corrected chi connectivity index (χ0v) is 24.5. The molecule has 11 nitrogen and oxygen atoms in total. The topological polar surface area (TPSA) is 124 Å². The lowest BCUT2D eigenvalue weighted by Gasteiger charge is -2.34. The van der Waals surface area contributed by atoms with Gasteiger partial charge in [0.2, 0.25) is 5.88 Å². The Bertz CT molecular complexity index is 1560. The number of anilines is 1. The molecule has 2 saturated carbocycles. The van der Waals surface area contributed by atoms with Crippen molar-refractivity contribution in [3.8, 4) is 11.7 Å². The van der Waals surface area contributed by atoms with Gasteiger partial charge in [0.05, 0.1) is 11.3 Å². The second kappa shape index (κ2) is 9.60. The Morgan fingerprint density at radius 1 is 1.15 bits per heavy atom. The quantitative estimate of drug-likeness (QED) is 0.459. The number of rotatable bonds is 7. The molecule has 1 amide bonds. The van der Waals surface area contributed by atoms with Gasteiger partial charge in [0, 0.05) is 37.6 Å². The molecule has 214 valence electrons. The van der Waals surface area contributed by atoms with Gasteiger partial charge in [-0.2, -0.15) is 5.10 Å².